The van der Waals surface area contributed by atoms with Crippen molar-refractivity contribution in [1.29, 1.82) is 0 Å². The number of carbonyl (C=O) groups excluding carboxylic acids is 2. The van der Waals surface area contributed by atoms with Crippen molar-refractivity contribution >= 4 is 11.9 Å². The van der Waals surface area contributed by atoms with Gasteiger partial charge in [-0.1, -0.05) is 6.08 Å². The molecule has 0 radical (unpaired) electrons. The smallest absolute Gasteiger partial charge is 0.406 e. The van der Waals surface area contributed by atoms with Crippen LogP contribution in [-0.4, -0.2) is 43.2 Å². The fourth-order valence-electron chi connectivity index (χ4n) is 1.64. The fraction of sp³-hybridized carbons (Fsp3) is 0.286. The van der Waals surface area contributed by atoms with E-state index in [0.717, 1.165) is 0 Å². The second-order valence-corrected chi connectivity index (χ2v) is 4.16. The summed E-state index contributed by atoms with van der Waals surface area (Å²) in [6.45, 7) is 1.74. The summed E-state index contributed by atoms with van der Waals surface area (Å²) in [6, 6.07) is 5.19. The highest BCUT2D eigenvalue weighted by Gasteiger charge is 2.32. The maximum absolute atomic E-state index is 12.4. The standard InChI is InChI=1S/C14H14F3NO3/c1-3-8-18(9-14(15,16)17)12(19)10-4-6-11(7-5-10)13(20)21-2/h3-7H,1,8-9H2,2H3. The average molecular weight is 301 g/mol. The van der Waals surface area contributed by atoms with Gasteiger partial charge in [-0.15, -0.1) is 6.58 Å². The van der Waals surface area contributed by atoms with Crippen LogP contribution < -0.4 is 0 Å². The Morgan fingerprint density at radius 2 is 1.76 bits per heavy atom. The van der Waals surface area contributed by atoms with Gasteiger partial charge in [-0.3, -0.25) is 4.79 Å². The Hall–Kier alpha value is -2.31. The molecule has 0 saturated carbocycles. The summed E-state index contributed by atoms with van der Waals surface area (Å²) in [5.74, 6) is -1.38. The van der Waals surface area contributed by atoms with Gasteiger partial charge in [0.05, 0.1) is 12.7 Å². The molecule has 0 unspecified atom stereocenters. The van der Waals surface area contributed by atoms with Crippen LogP contribution in [0.15, 0.2) is 36.9 Å². The number of methoxy groups -OCH3 is 1. The summed E-state index contributed by atoms with van der Waals surface area (Å²) in [6.07, 6.45) is -3.28. The van der Waals surface area contributed by atoms with E-state index in [1.54, 1.807) is 0 Å². The molecule has 0 N–H and O–H groups in total. The zero-order valence-corrected chi connectivity index (χ0v) is 11.3. The minimum absolute atomic E-state index is 0.0498. The van der Waals surface area contributed by atoms with Crippen molar-refractivity contribution in [2.45, 2.75) is 6.18 Å². The number of halogens is 3. The number of benzene rings is 1. The molecule has 21 heavy (non-hydrogen) atoms. The van der Waals surface area contributed by atoms with Gasteiger partial charge in [-0.05, 0) is 24.3 Å². The van der Waals surface area contributed by atoms with Gasteiger partial charge < -0.3 is 9.64 Å². The molecule has 0 spiro atoms. The van der Waals surface area contributed by atoms with Crippen LogP contribution in [-0.2, 0) is 4.74 Å². The van der Waals surface area contributed by atoms with Crippen LogP contribution in [0.2, 0.25) is 0 Å². The minimum atomic E-state index is -4.50. The Kier molecular flexibility index (Phi) is 5.52. The molecule has 0 fully saturated rings. The number of hydrogen-bond donors (Lipinski definition) is 0. The lowest BCUT2D eigenvalue weighted by atomic mass is 10.1. The van der Waals surface area contributed by atoms with Gasteiger partial charge >= 0.3 is 12.1 Å². The maximum Gasteiger partial charge on any atom is 0.406 e. The van der Waals surface area contributed by atoms with Crippen LogP contribution in [0.1, 0.15) is 20.7 Å². The molecule has 0 saturated heterocycles. The van der Waals surface area contributed by atoms with Crippen molar-refractivity contribution in [2.24, 2.45) is 0 Å². The van der Waals surface area contributed by atoms with Crippen molar-refractivity contribution in [3.8, 4) is 0 Å². The number of hydrogen-bond acceptors (Lipinski definition) is 3. The molecule has 1 amide bonds. The molecule has 0 aromatic heterocycles. The summed E-state index contributed by atoms with van der Waals surface area (Å²) in [5, 5.41) is 0. The second kappa shape index (κ2) is 6.92. The Labute approximate surface area is 119 Å². The molecule has 0 aliphatic rings. The zero-order valence-electron chi connectivity index (χ0n) is 11.3. The molecule has 7 heteroatoms. The summed E-state index contributed by atoms with van der Waals surface area (Å²) in [4.78, 5) is 23.9. The summed E-state index contributed by atoms with van der Waals surface area (Å²) < 4.78 is 41.8. The van der Waals surface area contributed by atoms with E-state index >= 15 is 0 Å². The van der Waals surface area contributed by atoms with Crippen molar-refractivity contribution < 1.29 is 27.5 Å². The van der Waals surface area contributed by atoms with E-state index in [0.29, 0.717) is 4.90 Å². The third-order valence-corrected chi connectivity index (χ3v) is 2.56. The third-order valence-electron chi connectivity index (χ3n) is 2.56. The number of rotatable bonds is 5. The van der Waals surface area contributed by atoms with E-state index in [1.165, 1.54) is 37.5 Å². The zero-order chi connectivity index (χ0) is 16.0. The van der Waals surface area contributed by atoms with Gasteiger partial charge in [0.15, 0.2) is 0 Å². The first-order chi connectivity index (χ1) is 9.78. The van der Waals surface area contributed by atoms with E-state index in [2.05, 4.69) is 11.3 Å². The molecular weight excluding hydrogens is 287 g/mol. The molecule has 4 nitrogen and oxygen atoms in total. The van der Waals surface area contributed by atoms with Crippen LogP contribution in [0.4, 0.5) is 13.2 Å². The molecule has 0 aliphatic heterocycles. The van der Waals surface area contributed by atoms with E-state index < -0.39 is 24.6 Å². The van der Waals surface area contributed by atoms with Crippen molar-refractivity contribution in [3.05, 3.63) is 48.0 Å². The van der Waals surface area contributed by atoms with Crippen LogP contribution >= 0.6 is 0 Å². The van der Waals surface area contributed by atoms with Gasteiger partial charge in [0, 0.05) is 12.1 Å². The number of carbonyl (C=O) groups is 2. The van der Waals surface area contributed by atoms with Crippen LogP contribution in [0.5, 0.6) is 0 Å². The fourth-order valence-corrected chi connectivity index (χ4v) is 1.64. The number of ether oxygens (including phenoxy) is 1. The highest BCUT2D eigenvalue weighted by atomic mass is 19.4. The first-order valence-corrected chi connectivity index (χ1v) is 5.94. The SMILES string of the molecule is C=CCN(CC(F)(F)F)C(=O)c1ccc(C(=O)OC)cc1. The second-order valence-electron chi connectivity index (χ2n) is 4.16. The van der Waals surface area contributed by atoms with Crippen LogP contribution in [0.3, 0.4) is 0 Å². The highest BCUT2D eigenvalue weighted by Crippen LogP contribution is 2.18. The van der Waals surface area contributed by atoms with Gasteiger partial charge in [0.2, 0.25) is 0 Å². The van der Waals surface area contributed by atoms with Crippen molar-refractivity contribution in [1.82, 2.24) is 4.90 Å². The predicted molar refractivity (Wildman–Crippen MR) is 69.9 cm³/mol. The van der Waals surface area contributed by atoms with Gasteiger partial charge in [0.1, 0.15) is 6.54 Å². The van der Waals surface area contributed by atoms with E-state index in [1.807, 2.05) is 0 Å². The number of esters is 1. The van der Waals surface area contributed by atoms with E-state index in [4.69, 9.17) is 0 Å². The Morgan fingerprint density at radius 1 is 1.24 bits per heavy atom. The molecule has 1 aromatic carbocycles. The van der Waals surface area contributed by atoms with Crippen molar-refractivity contribution in [3.63, 3.8) is 0 Å². The molecule has 0 heterocycles. The van der Waals surface area contributed by atoms with Crippen LogP contribution in [0.25, 0.3) is 0 Å². The number of alkyl halides is 3. The number of amides is 1. The van der Waals surface area contributed by atoms with Gasteiger partial charge in [-0.25, -0.2) is 4.79 Å². The minimum Gasteiger partial charge on any atom is -0.465 e. The molecule has 114 valence electrons. The molecule has 1 rings (SSSR count). The highest BCUT2D eigenvalue weighted by molar-refractivity contribution is 5.96. The number of nitrogens with zero attached hydrogens (tertiary/aromatic N) is 1. The summed E-state index contributed by atoms with van der Waals surface area (Å²) >= 11 is 0. The van der Waals surface area contributed by atoms with Crippen molar-refractivity contribution in [2.75, 3.05) is 20.2 Å². The summed E-state index contributed by atoms with van der Waals surface area (Å²) in [7, 11) is 1.20. The molecule has 0 bridgehead atoms. The average Bonchev–Trinajstić information content (AvgIpc) is 2.44. The normalized spacial score (nSPS) is 10.9. The first-order valence-electron chi connectivity index (χ1n) is 5.94. The first kappa shape index (κ1) is 16.7. The van der Waals surface area contributed by atoms with E-state index in [9.17, 15) is 22.8 Å². The molecule has 0 aliphatic carbocycles. The molecule has 1 aromatic rings. The monoisotopic (exact) mass is 301 g/mol. The molecular formula is C14H14F3NO3. The topological polar surface area (TPSA) is 46.6 Å². The Morgan fingerprint density at radius 3 is 2.19 bits per heavy atom. The quantitative estimate of drug-likeness (QED) is 0.620. The maximum atomic E-state index is 12.4. The lowest BCUT2D eigenvalue weighted by Crippen LogP contribution is -2.39. The van der Waals surface area contributed by atoms with E-state index in [-0.39, 0.29) is 17.7 Å². The Bertz CT molecular complexity index is 523. The van der Waals surface area contributed by atoms with Crippen LogP contribution in [0, 0.1) is 0 Å². The van der Waals surface area contributed by atoms with Gasteiger partial charge in [0.25, 0.3) is 5.91 Å². The Balaban J connectivity index is 2.93. The lowest BCUT2D eigenvalue weighted by Gasteiger charge is -2.22. The third kappa shape index (κ3) is 4.94. The summed E-state index contributed by atoms with van der Waals surface area (Å²) in [5.41, 5.74) is 0.258. The predicted octanol–water partition coefficient (Wildman–Crippen LogP) is 2.66. The van der Waals surface area contributed by atoms with Gasteiger partial charge in [-0.2, -0.15) is 13.2 Å². The lowest BCUT2D eigenvalue weighted by molar-refractivity contribution is -0.139. The molecule has 0 atom stereocenters. The largest absolute Gasteiger partial charge is 0.465 e.